The molecule has 0 spiro atoms. The van der Waals surface area contributed by atoms with Gasteiger partial charge in [-0.15, -0.1) is 0 Å². The van der Waals surface area contributed by atoms with Gasteiger partial charge in [0.15, 0.2) is 0 Å². The number of nitrogens with one attached hydrogen (secondary N) is 1. The predicted molar refractivity (Wildman–Crippen MR) is 88.1 cm³/mol. The Balaban J connectivity index is 2.15. The number of halogens is 1. The van der Waals surface area contributed by atoms with Gasteiger partial charge in [-0.1, -0.05) is 22.0 Å². The molecule has 1 N–H and O–H groups in total. The van der Waals surface area contributed by atoms with Gasteiger partial charge in [0.05, 0.1) is 11.4 Å². The monoisotopic (exact) mass is 389 g/mol. The Morgan fingerprint density at radius 3 is 2.64 bits per heavy atom. The Morgan fingerprint density at radius 2 is 2.00 bits per heavy atom. The highest BCUT2D eigenvalue weighted by Crippen LogP contribution is 2.23. The maximum absolute atomic E-state index is 12.6. The summed E-state index contributed by atoms with van der Waals surface area (Å²) in [6, 6.07) is 5.10. The first-order chi connectivity index (χ1) is 10.3. The lowest BCUT2D eigenvalue weighted by Crippen LogP contribution is -2.49. The summed E-state index contributed by atoms with van der Waals surface area (Å²) in [7, 11) is -2.25. The molecular formula is C14H20BrN3O3S. The van der Waals surface area contributed by atoms with Crippen molar-refractivity contribution in [1.82, 2.24) is 14.5 Å². The van der Waals surface area contributed by atoms with E-state index in [1.54, 1.807) is 30.0 Å². The van der Waals surface area contributed by atoms with Gasteiger partial charge in [-0.05, 0) is 24.6 Å². The predicted octanol–water partition coefficient (Wildman–Crippen LogP) is 0.810. The Labute approximate surface area is 139 Å². The molecule has 0 aromatic heterocycles. The van der Waals surface area contributed by atoms with Crippen molar-refractivity contribution in [2.75, 3.05) is 39.8 Å². The van der Waals surface area contributed by atoms with Gasteiger partial charge >= 0.3 is 0 Å². The SMILES string of the molecule is Cc1ccc(Br)cc1S(=O)(=O)N(C)CC(=O)N1CCNCC1. The average molecular weight is 390 g/mol. The Bertz CT molecular complexity index is 657. The van der Waals surface area contributed by atoms with Crippen LogP contribution >= 0.6 is 15.9 Å². The molecule has 0 atom stereocenters. The standard InChI is InChI=1S/C14H20BrN3O3S/c1-11-3-4-12(15)9-13(11)22(20,21)17(2)10-14(19)18-7-5-16-6-8-18/h3-4,9,16H,5-8,10H2,1-2H3. The zero-order chi connectivity index (χ0) is 16.3. The number of rotatable bonds is 4. The molecule has 0 aliphatic carbocycles. The second-order valence-electron chi connectivity index (χ2n) is 5.30. The molecular weight excluding hydrogens is 370 g/mol. The molecule has 0 saturated carbocycles. The van der Waals surface area contributed by atoms with Crippen LogP contribution in [-0.2, 0) is 14.8 Å². The van der Waals surface area contributed by atoms with Gasteiger partial charge in [-0.3, -0.25) is 4.79 Å². The van der Waals surface area contributed by atoms with E-state index in [-0.39, 0.29) is 17.3 Å². The molecule has 8 heteroatoms. The van der Waals surface area contributed by atoms with Crippen molar-refractivity contribution in [2.45, 2.75) is 11.8 Å². The van der Waals surface area contributed by atoms with Crippen LogP contribution in [0.2, 0.25) is 0 Å². The first kappa shape index (κ1) is 17.4. The van der Waals surface area contributed by atoms with Crippen molar-refractivity contribution in [2.24, 2.45) is 0 Å². The number of nitrogens with zero attached hydrogens (tertiary/aromatic N) is 2. The van der Waals surface area contributed by atoms with E-state index in [0.717, 1.165) is 17.4 Å². The van der Waals surface area contributed by atoms with Gasteiger partial charge in [-0.2, -0.15) is 4.31 Å². The number of piperazine rings is 1. The highest BCUT2D eigenvalue weighted by Gasteiger charge is 2.27. The Kier molecular flexibility index (Phi) is 5.60. The molecule has 22 heavy (non-hydrogen) atoms. The average Bonchev–Trinajstić information content (AvgIpc) is 2.50. The summed E-state index contributed by atoms with van der Waals surface area (Å²) in [4.78, 5) is 14.1. The summed E-state index contributed by atoms with van der Waals surface area (Å²) in [5.41, 5.74) is 0.657. The van der Waals surface area contributed by atoms with E-state index in [0.29, 0.717) is 23.1 Å². The minimum atomic E-state index is -3.69. The number of aryl methyl sites for hydroxylation is 1. The number of sulfonamides is 1. The van der Waals surface area contributed by atoms with E-state index in [1.165, 1.54) is 7.05 Å². The van der Waals surface area contributed by atoms with Crippen LogP contribution in [0.1, 0.15) is 5.56 Å². The van der Waals surface area contributed by atoms with Crippen molar-refractivity contribution >= 4 is 31.9 Å². The fourth-order valence-corrected chi connectivity index (χ4v) is 4.19. The minimum Gasteiger partial charge on any atom is -0.339 e. The van der Waals surface area contributed by atoms with Crippen LogP contribution in [0, 0.1) is 6.92 Å². The largest absolute Gasteiger partial charge is 0.339 e. The number of benzene rings is 1. The smallest absolute Gasteiger partial charge is 0.243 e. The lowest BCUT2D eigenvalue weighted by molar-refractivity contribution is -0.131. The molecule has 0 radical (unpaired) electrons. The normalized spacial score (nSPS) is 16.1. The van der Waals surface area contributed by atoms with Crippen molar-refractivity contribution < 1.29 is 13.2 Å². The summed E-state index contributed by atoms with van der Waals surface area (Å²) in [5.74, 6) is -0.166. The highest BCUT2D eigenvalue weighted by atomic mass is 79.9. The van der Waals surface area contributed by atoms with E-state index in [2.05, 4.69) is 21.2 Å². The highest BCUT2D eigenvalue weighted by molar-refractivity contribution is 9.10. The summed E-state index contributed by atoms with van der Waals surface area (Å²) in [6.45, 7) is 4.31. The molecule has 1 saturated heterocycles. The number of carbonyl (C=O) groups excluding carboxylic acids is 1. The van der Waals surface area contributed by atoms with Crippen molar-refractivity contribution in [3.8, 4) is 0 Å². The van der Waals surface area contributed by atoms with Crippen molar-refractivity contribution in [3.05, 3.63) is 28.2 Å². The molecule has 2 rings (SSSR count). The van der Waals surface area contributed by atoms with Crippen LogP contribution < -0.4 is 5.32 Å². The topological polar surface area (TPSA) is 69.7 Å². The first-order valence-corrected chi connectivity index (χ1v) is 9.26. The minimum absolute atomic E-state index is 0.145. The van der Waals surface area contributed by atoms with Gasteiger partial charge < -0.3 is 10.2 Å². The molecule has 1 aliphatic heterocycles. The quantitative estimate of drug-likeness (QED) is 0.826. The number of carbonyl (C=O) groups is 1. The first-order valence-electron chi connectivity index (χ1n) is 7.03. The third-order valence-electron chi connectivity index (χ3n) is 3.67. The van der Waals surface area contributed by atoms with Gasteiger partial charge in [0.25, 0.3) is 0 Å². The molecule has 1 aromatic rings. The molecule has 0 unspecified atom stereocenters. The molecule has 1 fully saturated rings. The van der Waals surface area contributed by atoms with Crippen LogP contribution in [0.3, 0.4) is 0 Å². The number of likely N-dealkylation sites (N-methyl/N-ethyl adjacent to an activating group) is 1. The summed E-state index contributed by atoms with van der Waals surface area (Å²) in [5, 5.41) is 3.16. The van der Waals surface area contributed by atoms with Gasteiger partial charge in [0.2, 0.25) is 15.9 Å². The van der Waals surface area contributed by atoms with Crippen LogP contribution in [-0.4, -0.2) is 63.3 Å². The van der Waals surface area contributed by atoms with Crippen LogP contribution in [0.25, 0.3) is 0 Å². The van der Waals surface area contributed by atoms with E-state index in [9.17, 15) is 13.2 Å². The number of amides is 1. The summed E-state index contributed by atoms with van der Waals surface area (Å²) in [6.07, 6.45) is 0. The Hall–Kier alpha value is -0.960. The van der Waals surface area contributed by atoms with Gasteiger partial charge in [0, 0.05) is 37.7 Å². The van der Waals surface area contributed by atoms with Crippen molar-refractivity contribution in [3.63, 3.8) is 0 Å². The van der Waals surface area contributed by atoms with Crippen LogP contribution in [0.15, 0.2) is 27.6 Å². The second-order valence-corrected chi connectivity index (χ2v) is 8.23. The molecule has 1 heterocycles. The molecule has 1 aliphatic rings. The summed E-state index contributed by atoms with van der Waals surface area (Å²) >= 11 is 3.29. The second kappa shape index (κ2) is 7.08. The molecule has 0 bridgehead atoms. The van der Waals surface area contributed by atoms with Crippen LogP contribution in [0.5, 0.6) is 0 Å². The Morgan fingerprint density at radius 1 is 1.36 bits per heavy atom. The third-order valence-corrected chi connectivity index (χ3v) is 6.10. The number of hydrogen-bond acceptors (Lipinski definition) is 4. The fourth-order valence-electron chi connectivity index (χ4n) is 2.31. The molecule has 6 nitrogen and oxygen atoms in total. The van der Waals surface area contributed by atoms with E-state index in [1.807, 2.05) is 0 Å². The van der Waals surface area contributed by atoms with E-state index < -0.39 is 10.0 Å². The van der Waals surface area contributed by atoms with E-state index >= 15 is 0 Å². The van der Waals surface area contributed by atoms with E-state index in [4.69, 9.17) is 0 Å². The lowest BCUT2D eigenvalue weighted by atomic mass is 10.2. The number of hydrogen-bond donors (Lipinski definition) is 1. The van der Waals surface area contributed by atoms with Gasteiger partial charge in [-0.25, -0.2) is 8.42 Å². The fraction of sp³-hybridized carbons (Fsp3) is 0.500. The zero-order valence-electron chi connectivity index (χ0n) is 12.7. The van der Waals surface area contributed by atoms with Crippen LogP contribution in [0.4, 0.5) is 0 Å². The third kappa shape index (κ3) is 3.87. The summed E-state index contributed by atoms with van der Waals surface area (Å²) < 4.78 is 27.1. The lowest BCUT2D eigenvalue weighted by Gasteiger charge is -2.29. The van der Waals surface area contributed by atoms with Crippen molar-refractivity contribution in [1.29, 1.82) is 0 Å². The van der Waals surface area contributed by atoms with Gasteiger partial charge in [0.1, 0.15) is 0 Å². The molecule has 1 aromatic carbocycles. The zero-order valence-corrected chi connectivity index (χ0v) is 15.1. The molecule has 1 amide bonds. The molecule has 122 valence electrons. The maximum Gasteiger partial charge on any atom is 0.243 e. The maximum atomic E-state index is 12.6.